The van der Waals surface area contributed by atoms with E-state index < -0.39 is 11.6 Å². The number of hydrogen-bond acceptors (Lipinski definition) is 2. The predicted octanol–water partition coefficient (Wildman–Crippen LogP) is 1.69. The summed E-state index contributed by atoms with van der Waals surface area (Å²) in [4.78, 5) is 13.2. The van der Waals surface area contributed by atoms with Crippen LogP contribution in [0.15, 0.2) is 18.2 Å². The minimum Gasteiger partial charge on any atom is -0.338 e. The van der Waals surface area contributed by atoms with Crippen molar-refractivity contribution >= 4 is 18.3 Å². The average Bonchev–Trinajstić information content (AvgIpc) is 2.64. The van der Waals surface area contributed by atoms with E-state index in [9.17, 15) is 13.6 Å². The average molecular weight is 277 g/mol. The van der Waals surface area contributed by atoms with E-state index in [1.165, 1.54) is 12.1 Å². The molecule has 1 fully saturated rings. The quantitative estimate of drug-likeness (QED) is 0.913. The lowest BCUT2D eigenvalue weighted by atomic mass is 10.1. The van der Waals surface area contributed by atoms with E-state index in [1.54, 1.807) is 4.90 Å². The molecule has 0 aromatic heterocycles. The first-order valence-corrected chi connectivity index (χ1v) is 5.52. The van der Waals surface area contributed by atoms with Crippen molar-refractivity contribution in [1.82, 2.24) is 4.90 Å². The summed E-state index contributed by atoms with van der Waals surface area (Å²) in [5.41, 5.74) is 5.83. The number of carbonyl (C=O) groups is 1. The fraction of sp³-hybridized carbons (Fsp3) is 0.417. The van der Waals surface area contributed by atoms with E-state index in [-0.39, 0.29) is 30.8 Å². The molecule has 1 heterocycles. The lowest BCUT2D eigenvalue weighted by Crippen LogP contribution is -2.26. The van der Waals surface area contributed by atoms with Gasteiger partial charge in [-0.15, -0.1) is 12.4 Å². The van der Waals surface area contributed by atoms with Gasteiger partial charge < -0.3 is 10.6 Å². The van der Waals surface area contributed by atoms with Crippen molar-refractivity contribution in [1.29, 1.82) is 0 Å². The van der Waals surface area contributed by atoms with Crippen molar-refractivity contribution < 1.29 is 13.6 Å². The Bertz CT molecular complexity index is 442. The molecule has 100 valence electrons. The topological polar surface area (TPSA) is 46.3 Å². The molecule has 0 bridgehead atoms. The predicted molar refractivity (Wildman–Crippen MR) is 66.2 cm³/mol. The van der Waals surface area contributed by atoms with Gasteiger partial charge in [0.1, 0.15) is 11.6 Å². The maximum absolute atomic E-state index is 13.4. The third-order valence-electron chi connectivity index (χ3n) is 3.00. The molecule has 0 spiro atoms. The third-order valence-corrected chi connectivity index (χ3v) is 3.00. The van der Waals surface area contributed by atoms with Crippen molar-refractivity contribution in [2.24, 2.45) is 11.7 Å². The molecular weight excluding hydrogens is 262 g/mol. The molecule has 0 saturated carbocycles. The molecule has 1 aliphatic heterocycles. The highest BCUT2D eigenvalue weighted by molar-refractivity contribution is 5.85. The fourth-order valence-corrected chi connectivity index (χ4v) is 2.02. The Labute approximate surface area is 110 Å². The molecule has 3 nitrogen and oxygen atoms in total. The molecule has 1 amide bonds. The maximum Gasteiger partial charge on any atom is 0.223 e. The minimum absolute atomic E-state index is 0. The Morgan fingerprint density at radius 1 is 1.39 bits per heavy atom. The van der Waals surface area contributed by atoms with Gasteiger partial charge in [0.15, 0.2) is 0 Å². The number of rotatable bonds is 3. The molecule has 18 heavy (non-hydrogen) atoms. The molecule has 2 rings (SSSR count). The van der Waals surface area contributed by atoms with Crippen molar-refractivity contribution in [3.8, 4) is 0 Å². The first kappa shape index (κ1) is 14.9. The summed E-state index contributed by atoms with van der Waals surface area (Å²) in [6, 6.07) is 3.39. The van der Waals surface area contributed by atoms with Crippen LogP contribution < -0.4 is 5.73 Å². The zero-order valence-corrected chi connectivity index (χ0v) is 10.6. The number of likely N-dealkylation sites (tertiary alicyclic amines) is 1. The summed E-state index contributed by atoms with van der Waals surface area (Å²) in [6.07, 6.45) is 0.416. The molecule has 2 N–H and O–H groups in total. The van der Waals surface area contributed by atoms with Gasteiger partial charge in [0, 0.05) is 31.1 Å². The first-order chi connectivity index (χ1) is 8.10. The van der Waals surface area contributed by atoms with Crippen molar-refractivity contribution in [2.75, 3.05) is 13.1 Å². The largest absolute Gasteiger partial charge is 0.338 e. The Morgan fingerprint density at radius 2 is 2.11 bits per heavy atom. The van der Waals surface area contributed by atoms with E-state index in [4.69, 9.17) is 5.73 Å². The van der Waals surface area contributed by atoms with Crippen LogP contribution >= 0.6 is 12.4 Å². The molecule has 1 aromatic rings. The number of halogens is 3. The van der Waals surface area contributed by atoms with E-state index in [2.05, 4.69) is 0 Å². The Kier molecular flexibility index (Phi) is 5.04. The van der Waals surface area contributed by atoms with Gasteiger partial charge in [0.25, 0.3) is 0 Å². The third kappa shape index (κ3) is 3.17. The molecule has 1 aliphatic rings. The van der Waals surface area contributed by atoms with Crippen LogP contribution in [0.5, 0.6) is 0 Å². The summed E-state index contributed by atoms with van der Waals surface area (Å²) < 4.78 is 26.1. The number of nitrogens with two attached hydrogens (primary N) is 1. The monoisotopic (exact) mass is 276 g/mol. The Morgan fingerprint density at radius 3 is 2.67 bits per heavy atom. The molecule has 1 atom stereocenters. The zero-order valence-electron chi connectivity index (χ0n) is 9.73. The van der Waals surface area contributed by atoms with Crippen LogP contribution in [0.3, 0.4) is 0 Å². The van der Waals surface area contributed by atoms with Gasteiger partial charge >= 0.3 is 0 Å². The molecule has 0 radical (unpaired) electrons. The number of benzene rings is 1. The number of carbonyl (C=O) groups excluding carboxylic acids is 1. The van der Waals surface area contributed by atoms with Gasteiger partial charge in [0.2, 0.25) is 5.91 Å². The summed E-state index contributed by atoms with van der Waals surface area (Å²) >= 11 is 0. The number of amides is 1. The van der Waals surface area contributed by atoms with E-state index >= 15 is 0 Å². The molecule has 1 unspecified atom stereocenters. The SMILES string of the molecule is Cl.NCC1CC(=O)N(Cc2ccc(F)cc2F)C1. The van der Waals surface area contributed by atoms with Crippen LogP contribution in [0.2, 0.25) is 0 Å². The second-order valence-corrected chi connectivity index (χ2v) is 4.32. The smallest absolute Gasteiger partial charge is 0.223 e. The van der Waals surface area contributed by atoms with Crippen LogP contribution in [0.4, 0.5) is 8.78 Å². The van der Waals surface area contributed by atoms with Crippen LogP contribution in [-0.4, -0.2) is 23.9 Å². The van der Waals surface area contributed by atoms with Gasteiger partial charge in [-0.25, -0.2) is 8.78 Å². The lowest BCUT2D eigenvalue weighted by molar-refractivity contribution is -0.128. The van der Waals surface area contributed by atoms with E-state index in [0.29, 0.717) is 25.1 Å². The van der Waals surface area contributed by atoms with Gasteiger partial charge in [-0.1, -0.05) is 6.07 Å². The van der Waals surface area contributed by atoms with Gasteiger partial charge in [-0.2, -0.15) is 0 Å². The van der Waals surface area contributed by atoms with Gasteiger partial charge in [0.05, 0.1) is 0 Å². The van der Waals surface area contributed by atoms with E-state index in [1.807, 2.05) is 0 Å². The number of hydrogen-bond donors (Lipinski definition) is 1. The van der Waals surface area contributed by atoms with E-state index in [0.717, 1.165) is 6.07 Å². The second kappa shape index (κ2) is 6.11. The Balaban J connectivity index is 0.00000162. The summed E-state index contributed by atoms with van der Waals surface area (Å²) in [5, 5.41) is 0. The van der Waals surface area contributed by atoms with Crippen LogP contribution in [0.1, 0.15) is 12.0 Å². The van der Waals surface area contributed by atoms with Crippen molar-refractivity contribution in [2.45, 2.75) is 13.0 Å². The molecule has 1 aromatic carbocycles. The van der Waals surface area contributed by atoms with Crippen LogP contribution in [-0.2, 0) is 11.3 Å². The highest BCUT2D eigenvalue weighted by Crippen LogP contribution is 2.20. The molecule has 1 saturated heterocycles. The standard InChI is InChI=1S/C12H14F2N2O.ClH/c13-10-2-1-9(11(14)4-10)7-16-6-8(5-15)3-12(16)17;/h1-2,4,8H,3,5-7,15H2;1H. The van der Waals surface area contributed by atoms with Crippen molar-refractivity contribution in [3.63, 3.8) is 0 Å². The lowest BCUT2D eigenvalue weighted by Gasteiger charge is -2.16. The molecule has 0 aliphatic carbocycles. The summed E-state index contributed by atoms with van der Waals surface area (Å²) in [5.74, 6) is -1.11. The second-order valence-electron chi connectivity index (χ2n) is 4.32. The highest BCUT2D eigenvalue weighted by Gasteiger charge is 2.28. The van der Waals surface area contributed by atoms with Gasteiger partial charge in [-0.3, -0.25) is 4.79 Å². The molecular formula is C12H15ClF2N2O. The van der Waals surface area contributed by atoms with Crippen LogP contribution in [0.25, 0.3) is 0 Å². The normalized spacial score (nSPS) is 18.9. The highest BCUT2D eigenvalue weighted by atomic mass is 35.5. The van der Waals surface area contributed by atoms with Crippen LogP contribution in [0, 0.1) is 17.6 Å². The van der Waals surface area contributed by atoms with Crippen molar-refractivity contribution in [3.05, 3.63) is 35.4 Å². The molecule has 6 heteroatoms. The Hall–Kier alpha value is -1.20. The van der Waals surface area contributed by atoms with Gasteiger partial charge in [-0.05, 0) is 18.5 Å². The fourth-order valence-electron chi connectivity index (χ4n) is 2.02. The number of nitrogens with zero attached hydrogens (tertiary/aromatic N) is 1. The first-order valence-electron chi connectivity index (χ1n) is 5.52. The summed E-state index contributed by atoms with van der Waals surface area (Å²) in [6.45, 7) is 1.18. The maximum atomic E-state index is 13.4. The zero-order chi connectivity index (χ0) is 12.4. The summed E-state index contributed by atoms with van der Waals surface area (Å²) in [7, 11) is 0. The minimum atomic E-state index is -0.617.